The summed E-state index contributed by atoms with van der Waals surface area (Å²) in [5, 5.41) is 13.1. The maximum atomic E-state index is 9.06. The summed E-state index contributed by atoms with van der Waals surface area (Å²) in [5.41, 5.74) is 6.61. The van der Waals surface area contributed by atoms with Crippen LogP contribution in [-0.2, 0) is 4.74 Å². The molecule has 1 aliphatic heterocycles. The second-order valence-electron chi connectivity index (χ2n) is 4.66. The lowest BCUT2D eigenvalue weighted by molar-refractivity contribution is 0.0904. The topological polar surface area (TPSA) is 110 Å². The van der Waals surface area contributed by atoms with Gasteiger partial charge in [-0.3, -0.25) is 0 Å². The number of nitrogens with two attached hydrogens (primary N) is 1. The Morgan fingerprint density at radius 3 is 2.90 bits per heavy atom. The van der Waals surface area contributed by atoms with Crippen LogP contribution in [0.15, 0.2) is 12.3 Å². The number of nitrogens with zero attached hydrogens (tertiary/aromatic N) is 4. The Morgan fingerprint density at radius 1 is 1.35 bits per heavy atom. The van der Waals surface area contributed by atoms with Gasteiger partial charge in [-0.1, -0.05) is 0 Å². The monoisotopic (exact) mass is 270 g/mol. The van der Waals surface area contributed by atoms with Crippen LogP contribution in [0.5, 0.6) is 0 Å². The van der Waals surface area contributed by atoms with E-state index in [2.05, 4.69) is 20.3 Å². The standard InChI is InChI=1S/C13H14N6O/c14-6-10-5-8-7-16-13(15)19-11(8)12(18-10)17-9-1-3-20-4-2-9/h5,7,9H,1-4H2,(H,17,18)(H2,15,16,19). The molecule has 1 saturated heterocycles. The molecule has 0 radical (unpaired) electrons. The van der Waals surface area contributed by atoms with E-state index in [0.717, 1.165) is 31.4 Å². The van der Waals surface area contributed by atoms with Gasteiger partial charge in [0, 0.05) is 30.8 Å². The average molecular weight is 270 g/mol. The highest BCUT2D eigenvalue weighted by molar-refractivity contribution is 5.89. The summed E-state index contributed by atoms with van der Waals surface area (Å²) in [6.45, 7) is 1.45. The molecule has 3 heterocycles. The van der Waals surface area contributed by atoms with Crippen LogP contribution in [-0.4, -0.2) is 34.2 Å². The third kappa shape index (κ3) is 2.46. The van der Waals surface area contributed by atoms with Gasteiger partial charge in [0.1, 0.15) is 17.3 Å². The average Bonchev–Trinajstić information content (AvgIpc) is 2.48. The van der Waals surface area contributed by atoms with Gasteiger partial charge in [0.2, 0.25) is 5.95 Å². The quantitative estimate of drug-likeness (QED) is 0.839. The molecule has 2 aromatic heterocycles. The van der Waals surface area contributed by atoms with Gasteiger partial charge in [0.05, 0.1) is 0 Å². The third-order valence-corrected chi connectivity index (χ3v) is 3.26. The number of fused-ring (bicyclic) bond motifs is 1. The Hall–Kier alpha value is -2.46. The molecular formula is C13H14N6O. The zero-order valence-electron chi connectivity index (χ0n) is 10.8. The summed E-state index contributed by atoms with van der Waals surface area (Å²) in [6, 6.07) is 3.97. The van der Waals surface area contributed by atoms with E-state index in [9.17, 15) is 0 Å². The van der Waals surface area contributed by atoms with Crippen molar-refractivity contribution in [1.82, 2.24) is 15.0 Å². The van der Waals surface area contributed by atoms with Crippen molar-refractivity contribution in [2.45, 2.75) is 18.9 Å². The largest absolute Gasteiger partial charge is 0.381 e. The lowest BCUT2D eigenvalue weighted by Crippen LogP contribution is -2.28. The first kappa shape index (κ1) is 12.6. The van der Waals surface area contributed by atoms with Crippen LogP contribution < -0.4 is 11.1 Å². The van der Waals surface area contributed by atoms with E-state index in [1.54, 1.807) is 12.3 Å². The highest BCUT2D eigenvalue weighted by atomic mass is 16.5. The molecule has 0 unspecified atom stereocenters. The van der Waals surface area contributed by atoms with Crippen LogP contribution in [0.1, 0.15) is 18.5 Å². The van der Waals surface area contributed by atoms with E-state index in [0.29, 0.717) is 17.0 Å². The van der Waals surface area contributed by atoms with Crippen LogP contribution in [0.3, 0.4) is 0 Å². The van der Waals surface area contributed by atoms with Gasteiger partial charge < -0.3 is 15.8 Å². The molecule has 0 aliphatic carbocycles. The van der Waals surface area contributed by atoms with E-state index >= 15 is 0 Å². The lowest BCUT2D eigenvalue weighted by atomic mass is 10.1. The molecule has 0 amide bonds. The number of nitrogen functional groups attached to an aromatic ring is 1. The fourth-order valence-corrected chi connectivity index (χ4v) is 2.25. The maximum Gasteiger partial charge on any atom is 0.220 e. The fraction of sp³-hybridized carbons (Fsp3) is 0.385. The minimum atomic E-state index is 0.194. The molecule has 3 rings (SSSR count). The van der Waals surface area contributed by atoms with Gasteiger partial charge in [-0.15, -0.1) is 0 Å². The number of aromatic nitrogens is 3. The molecule has 0 atom stereocenters. The molecule has 102 valence electrons. The molecule has 0 aromatic carbocycles. The molecule has 0 bridgehead atoms. The number of nitrogens with one attached hydrogen (secondary N) is 1. The predicted octanol–water partition coefficient (Wildman–Crippen LogP) is 1.07. The van der Waals surface area contributed by atoms with Crippen LogP contribution >= 0.6 is 0 Å². The van der Waals surface area contributed by atoms with Gasteiger partial charge >= 0.3 is 0 Å². The zero-order valence-corrected chi connectivity index (χ0v) is 10.8. The molecule has 20 heavy (non-hydrogen) atoms. The van der Waals surface area contributed by atoms with Gasteiger partial charge in [-0.25, -0.2) is 15.0 Å². The van der Waals surface area contributed by atoms with Crippen LogP contribution in [0.4, 0.5) is 11.8 Å². The highest BCUT2D eigenvalue weighted by Gasteiger charge is 2.16. The predicted molar refractivity (Wildman–Crippen MR) is 73.9 cm³/mol. The maximum absolute atomic E-state index is 9.06. The SMILES string of the molecule is N#Cc1cc2cnc(N)nc2c(NC2CCOCC2)n1. The molecule has 0 spiro atoms. The summed E-state index contributed by atoms with van der Waals surface area (Å²) in [7, 11) is 0. The van der Waals surface area contributed by atoms with Crippen molar-refractivity contribution >= 4 is 22.7 Å². The fourth-order valence-electron chi connectivity index (χ4n) is 2.25. The first-order valence-corrected chi connectivity index (χ1v) is 6.44. The highest BCUT2D eigenvalue weighted by Crippen LogP contribution is 2.23. The molecule has 7 nitrogen and oxygen atoms in total. The summed E-state index contributed by atoms with van der Waals surface area (Å²) in [5.74, 6) is 0.777. The minimum absolute atomic E-state index is 0.194. The molecule has 7 heteroatoms. The summed E-state index contributed by atoms with van der Waals surface area (Å²) in [6.07, 6.45) is 3.41. The second-order valence-corrected chi connectivity index (χ2v) is 4.66. The van der Waals surface area contributed by atoms with Crippen molar-refractivity contribution in [2.75, 3.05) is 24.3 Å². The van der Waals surface area contributed by atoms with Gasteiger partial charge in [0.15, 0.2) is 5.82 Å². The summed E-state index contributed by atoms with van der Waals surface area (Å²) >= 11 is 0. The molecule has 1 aliphatic rings. The molecule has 1 fully saturated rings. The minimum Gasteiger partial charge on any atom is -0.381 e. The van der Waals surface area contributed by atoms with Crippen molar-refractivity contribution in [3.05, 3.63) is 18.0 Å². The number of rotatable bonds is 2. The number of hydrogen-bond acceptors (Lipinski definition) is 7. The molecular weight excluding hydrogens is 256 g/mol. The van der Waals surface area contributed by atoms with E-state index in [1.165, 1.54) is 0 Å². The van der Waals surface area contributed by atoms with Crippen molar-refractivity contribution in [3.8, 4) is 6.07 Å². The Morgan fingerprint density at radius 2 is 2.15 bits per heavy atom. The summed E-state index contributed by atoms with van der Waals surface area (Å²) < 4.78 is 5.33. The first-order chi connectivity index (χ1) is 9.76. The van der Waals surface area contributed by atoms with Crippen molar-refractivity contribution < 1.29 is 4.74 Å². The first-order valence-electron chi connectivity index (χ1n) is 6.44. The third-order valence-electron chi connectivity index (χ3n) is 3.26. The number of pyridine rings is 1. The number of ether oxygens (including phenoxy) is 1. The molecule has 2 aromatic rings. The van der Waals surface area contributed by atoms with E-state index in [1.807, 2.05) is 6.07 Å². The normalized spacial score (nSPS) is 15.9. The Kier molecular flexibility index (Phi) is 3.31. The van der Waals surface area contributed by atoms with Gasteiger partial charge in [-0.2, -0.15) is 5.26 Å². The number of hydrogen-bond donors (Lipinski definition) is 2. The number of nitriles is 1. The van der Waals surface area contributed by atoms with E-state index < -0.39 is 0 Å². The van der Waals surface area contributed by atoms with Crippen LogP contribution in [0.25, 0.3) is 10.9 Å². The van der Waals surface area contributed by atoms with E-state index in [-0.39, 0.29) is 12.0 Å². The molecule has 3 N–H and O–H groups in total. The Labute approximate surface area is 115 Å². The second kappa shape index (κ2) is 5.27. The van der Waals surface area contributed by atoms with Crippen molar-refractivity contribution in [1.29, 1.82) is 5.26 Å². The van der Waals surface area contributed by atoms with Gasteiger partial charge in [0.25, 0.3) is 0 Å². The zero-order chi connectivity index (χ0) is 13.9. The Bertz CT molecular complexity index is 674. The lowest BCUT2D eigenvalue weighted by Gasteiger charge is -2.24. The Balaban J connectivity index is 2.02. The number of anilines is 2. The molecule has 0 saturated carbocycles. The van der Waals surface area contributed by atoms with Crippen LogP contribution in [0, 0.1) is 11.3 Å². The summed E-state index contributed by atoms with van der Waals surface area (Å²) in [4.78, 5) is 12.5. The van der Waals surface area contributed by atoms with Crippen molar-refractivity contribution in [2.24, 2.45) is 0 Å². The van der Waals surface area contributed by atoms with Crippen LogP contribution in [0.2, 0.25) is 0 Å². The smallest absolute Gasteiger partial charge is 0.220 e. The van der Waals surface area contributed by atoms with E-state index in [4.69, 9.17) is 15.7 Å². The van der Waals surface area contributed by atoms with Gasteiger partial charge in [-0.05, 0) is 18.9 Å². The van der Waals surface area contributed by atoms with Crippen molar-refractivity contribution in [3.63, 3.8) is 0 Å².